The van der Waals surface area contributed by atoms with Crippen molar-refractivity contribution in [3.8, 4) is 6.07 Å². The van der Waals surface area contributed by atoms with Crippen LogP contribution in [0.4, 0.5) is 10.1 Å². The topological polar surface area (TPSA) is 44.1 Å². The van der Waals surface area contributed by atoms with Crippen LogP contribution in [0.3, 0.4) is 0 Å². The largest absolute Gasteiger partial charge is 0.308 e. The zero-order valence-corrected chi connectivity index (χ0v) is 9.19. The quantitative estimate of drug-likeness (QED) is 0.731. The zero-order valence-electron chi connectivity index (χ0n) is 9.19. The van der Waals surface area contributed by atoms with E-state index in [1.807, 2.05) is 6.07 Å². The van der Waals surface area contributed by atoms with Gasteiger partial charge in [0.25, 0.3) is 0 Å². The van der Waals surface area contributed by atoms with Gasteiger partial charge in [-0.25, -0.2) is 4.39 Å². The van der Waals surface area contributed by atoms with Crippen molar-refractivity contribution in [2.75, 3.05) is 11.4 Å². The number of carbonyl (C=O) groups is 1. The van der Waals surface area contributed by atoms with E-state index in [-0.39, 0.29) is 23.1 Å². The van der Waals surface area contributed by atoms with Crippen LogP contribution in [0.5, 0.6) is 0 Å². The molecule has 1 aliphatic rings. The fourth-order valence-corrected chi connectivity index (χ4v) is 1.99. The first-order chi connectivity index (χ1) is 8.17. The Bertz CT molecular complexity index is 519. The van der Waals surface area contributed by atoms with Crippen LogP contribution in [0.25, 0.3) is 0 Å². The molecule has 1 fully saturated rings. The fourth-order valence-electron chi connectivity index (χ4n) is 1.99. The molecule has 1 atom stereocenters. The van der Waals surface area contributed by atoms with Crippen LogP contribution < -0.4 is 4.90 Å². The Morgan fingerprint density at radius 3 is 2.94 bits per heavy atom. The third-order valence-corrected chi connectivity index (χ3v) is 2.87. The minimum atomic E-state index is -0.540. The van der Waals surface area contributed by atoms with Crippen molar-refractivity contribution in [3.63, 3.8) is 0 Å². The lowest BCUT2D eigenvalue weighted by atomic mass is 10.1. The first kappa shape index (κ1) is 11.3. The number of nitriles is 1. The van der Waals surface area contributed by atoms with Gasteiger partial charge in [-0.1, -0.05) is 12.1 Å². The molecule has 1 unspecified atom stereocenters. The summed E-state index contributed by atoms with van der Waals surface area (Å²) in [5.41, 5.74) is 0.271. The van der Waals surface area contributed by atoms with Crippen LogP contribution in [0, 0.1) is 23.1 Å². The Hall–Kier alpha value is -2.15. The Morgan fingerprint density at radius 1 is 1.59 bits per heavy atom. The number of carbonyl (C=O) groups excluding carboxylic acids is 1. The maximum Gasteiger partial charge on any atom is 0.227 e. The minimum Gasteiger partial charge on any atom is -0.308 e. The molecular weight excluding hydrogens is 219 g/mol. The summed E-state index contributed by atoms with van der Waals surface area (Å²) in [4.78, 5) is 13.1. The minimum absolute atomic E-state index is 0.0219. The summed E-state index contributed by atoms with van der Waals surface area (Å²) < 4.78 is 13.7. The Labute approximate surface area is 98.8 Å². The molecule has 2 rings (SSSR count). The molecule has 1 saturated heterocycles. The number of amides is 1. The average molecular weight is 230 g/mol. The first-order valence-corrected chi connectivity index (χ1v) is 5.29. The summed E-state index contributed by atoms with van der Waals surface area (Å²) in [6, 6.07) is 6.13. The summed E-state index contributed by atoms with van der Waals surface area (Å²) in [6.45, 7) is 4.02. The van der Waals surface area contributed by atoms with E-state index in [1.54, 1.807) is 6.08 Å². The second-order valence-electron chi connectivity index (χ2n) is 3.95. The molecule has 1 aromatic carbocycles. The lowest BCUT2D eigenvalue weighted by Gasteiger charge is -2.18. The molecule has 1 aliphatic heterocycles. The lowest BCUT2D eigenvalue weighted by molar-refractivity contribution is -0.117. The lowest BCUT2D eigenvalue weighted by Crippen LogP contribution is -2.26. The molecule has 0 aliphatic carbocycles. The Balaban J connectivity index is 2.45. The van der Waals surface area contributed by atoms with Crippen molar-refractivity contribution in [1.82, 2.24) is 0 Å². The van der Waals surface area contributed by atoms with E-state index in [1.165, 1.54) is 23.1 Å². The number of anilines is 1. The monoisotopic (exact) mass is 230 g/mol. The fraction of sp³-hybridized carbons (Fsp3) is 0.231. The van der Waals surface area contributed by atoms with Crippen LogP contribution in [0.2, 0.25) is 0 Å². The number of nitrogens with zero attached hydrogens (tertiary/aromatic N) is 2. The van der Waals surface area contributed by atoms with E-state index in [9.17, 15) is 9.18 Å². The highest BCUT2D eigenvalue weighted by atomic mass is 19.1. The molecular formula is C13H11FN2O. The predicted octanol–water partition coefficient (Wildman–Crippen LogP) is 2.24. The molecule has 86 valence electrons. The highest BCUT2D eigenvalue weighted by Gasteiger charge is 2.31. The van der Waals surface area contributed by atoms with Crippen LogP contribution in [0.15, 0.2) is 30.9 Å². The standard InChI is InChI=1S/C13H11FN2O/c1-2-9-6-12(17)16(8-9)13-10(7-15)4-3-5-11(13)14/h2-5,9H,1,6,8H2. The summed E-state index contributed by atoms with van der Waals surface area (Å²) >= 11 is 0. The third kappa shape index (κ3) is 1.92. The van der Waals surface area contributed by atoms with Gasteiger partial charge in [-0.05, 0) is 12.1 Å². The number of benzene rings is 1. The van der Waals surface area contributed by atoms with Crippen molar-refractivity contribution >= 4 is 11.6 Å². The van der Waals surface area contributed by atoms with Crippen molar-refractivity contribution in [3.05, 3.63) is 42.2 Å². The predicted molar refractivity (Wildman–Crippen MR) is 61.8 cm³/mol. The van der Waals surface area contributed by atoms with Gasteiger partial charge in [-0.15, -0.1) is 6.58 Å². The summed E-state index contributed by atoms with van der Waals surface area (Å²) in [5, 5.41) is 8.94. The van der Waals surface area contributed by atoms with Gasteiger partial charge in [0.15, 0.2) is 0 Å². The maximum atomic E-state index is 13.7. The van der Waals surface area contributed by atoms with Crippen molar-refractivity contribution < 1.29 is 9.18 Å². The number of hydrogen-bond acceptors (Lipinski definition) is 2. The average Bonchev–Trinajstić information content (AvgIpc) is 2.70. The molecule has 0 bridgehead atoms. The van der Waals surface area contributed by atoms with E-state index in [0.717, 1.165) is 0 Å². The number of rotatable bonds is 2. The second kappa shape index (κ2) is 4.38. The van der Waals surface area contributed by atoms with Gasteiger partial charge in [-0.2, -0.15) is 5.26 Å². The zero-order chi connectivity index (χ0) is 12.4. The smallest absolute Gasteiger partial charge is 0.227 e. The van der Waals surface area contributed by atoms with E-state index < -0.39 is 5.82 Å². The van der Waals surface area contributed by atoms with E-state index in [0.29, 0.717) is 13.0 Å². The molecule has 1 aromatic rings. The molecule has 0 radical (unpaired) electrons. The highest BCUT2D eigenvalue weighted by Crippen LogP contribution is 2.30. The van der Waals surface area contributed by atoms with E-state index in [2.05, 4.69) is 6.58 Å². The van der Waals surface area contributed by atoms with Crippen molar-refractivity contribution in [2.45, 2.75) is 6.42 Å². The molecule has 3 nitrogen and oxygen atoms in total. The number of hydrogen-bond donors (Lipinski definition) is 0. The van der Waals surface area contributed by atoms with Crippen LogP contribution in [0.1, 0.15) is 12.0 Å². The SMILES string of the molecule is C=CC1CC(=O)N(c2c(F)cccc2C#N)C1. The van der Waals surface area contributed by atoms with Crippen LogP contribution in [-0.4, -0.2) is 12.5 Å². The van der Waals surface area contributed by atoms with Gasteiger partial charge >= 0.3 is 0 Å². The van der Waals surface area contributed by atoms with Gasteiger partial charge in [0.05, 0.1) is 11.3 Å². The second-order valence-corrected chi connectivity index (χ2v) is 3.95. The number of halogens is 1. The Kier molecular flexibility index (Phi) is 2.92. The summed E-state index contributed by atoms with van der Waals surface area (Å²) in [5.74, 6) is -0.688. The molecule has 1 heterocycles. The van der Waals surface area contributed by atoms with Gasteiger partial charge in [-0.3, -0.25) is 4.79 Å². The van der Waals surface area contributed by atoms with E-state index >= 15 is 0 Å². The molecule has 17 heavy (non-hydrogen) atoms. The molecule has 1 amide bonds. The molecule has 0 saturated carbocycles. The molecule has 0 N–H and O–H groups in total. The van der Waals surface area contributed by atoms with Crippen LogP contribution in [-0.2, 0) is 4.79 Å². The maximum absolute atomic E-state index is 13.7. The normalized spacial score (nSPS) is 19.2. The third-order valence-electron chi connectivity index (χ3n) is 2.87. The van der Waals surface area contributed by atoms with Crippen molar-refractivity contribution in [2.24, 2.45) is 5.92 Å². The molecule has 0 spiro atoms. The number of para-hydroxylation sites is 1. The highest BCUT2D eigenvalue weighted by molar-refractivity contribution is 5.97. The van der Waals surface area contributed by atoms with Crippen molar-refractivity contribution in [1.29, 1.82) is 5.26 Å². The van der Waals surface area contributed by atoms with Gasteiger partial charge in [0.1, 0.15) is 11.9 Å². The summed E-state index contributed by atoms with van der Waals surface area (Å²) in [6.07, 6.45) is 2.01. The molecule has 4 heteroatoms. The van der Waals surface area contributed by atoms with Gasteiger partial charge < -0.3 is 4.90 Å². The summed E-state index contributed by atoms with van der Waals surface area (Å²) in [7, 11) is 0. The van der Waals surface area contributed by atoms with Gasteiger partial charge in [0, 0.05) is 18.9 Å². The first-order valence-electron chi connectivity index (χ1n) is 5.29. The van der Waals surface area contributed by atoms with Gasteiger partial charge in [0.2, 0.25) is 5.91 Å². The van der Waals surface area contributed by atoms with E-state index in [4.69, 9.17) is 5.26 Å². The van der Waals surface area contributed by atoms with Crippen LogP contribution >= 0.6 is 0 Å². The molecule has 0 aromatic heterocycles. The Morgan fingerprint density at radius 2 is 2.35 bits per heavy atom.